The maximum absolute atomic E-state index is 13.1. The Morgan fingerprint density at radius 1 is 0.931 bits per heavy atom. The first kappa shape index (κ1) is 19.1. The molecule has 2 aliphatic rings. The average molecular weight is 393 g/mol. The molecule has 6 heteroatoms. The summed E-state index contributed by atoms with van der Waals surface area (Å²) in [5.74, 6) is 0.740. The van der Waals surface area contributed by atoms with Gasteiger partial charge in [-0.1, -0.05) is 18.2 Å². The van der Waals surface area contributed by atoms with E-state index in [0.29, 0.717) is 29.9 Å². The molecule has 150 valence electrons. The smallest absolute Gasteiger partial charge is 0.225 e. The second-order valence-corrected chi connectivity index (χ2v) is 7.43. The molecule has 0 saturated heterocycles. The summed E-state index contributed by atoms with van der Waals surface area (Å²) < 4.78 is 10.4. The Morgan fingerprint density at radius 3 is 2.34 bits per heavy atom. The fraction of sp³-hybridized carbons (Fsp3) is 0.304. The zero-order valence-corrected chi connectivity index (χ0v) is 16.4. The van der Waals surface area contributed by atoms with E-state index in [-0.39, 0.29) is 35.7 Å². The van der Waals surface area contributed by atoms with Gasteiger partial charge >= 0.3 is 0 Å². The normalized spacial score (nSPS) is 21.4. The van der Waals surface area contributed by atoms with E-state index in [2.05, 4.69) is 5.32 Å². The number of methoxy groups -OCH3 is 2. The van der Waals surface area contributed by atoms with E-state index >= 15 is 0 Å². The van der Waals surface area contributed by atoms with Crippen LogP contribution in [0.3, 0.4) is 0 Å². The quantitative estimate of drug-likeness (QED) is 0.832. The molecule has 0 radical (unpaired) electrons. The number of aromatic hydroxyl groups is 1. The van der Waals surface area contributed by atoms with Crippen LogP contribution >= 0.6 is 0 Å². The van der Waals surface area contributed by atoms with E-state index in [0.717, 1.165) is 16.9 Å². The van der Waals surface area contributed by atoms with Crippen LogP contribution in [0.2, 0.25) is 0 Å². The highest BCUT2D eigenvalue weighted by Gasteiger charge is 2.38. The first-order chi connectivity index (χ1) is 14.0. The number of hydrogen-bond acceptors (Lipinski definition) is 5. The van der Waals surface area contributed by atoms with Crippen molar-refractivity contribution in [3.05, 3.63) is 64.9 Å². The summed E-state index contributed by atoms with van der Waals surface area (Å²) in [5.41, 5.74) is 3.21. The van der Waals surface area contributed by atoms with Crippen molar-refractivity contribution in [2.24, 2.45) is 0 Å². The number of rotatable bonds is 4. The van der Waals surface area contributed by atoms with Gasteiger partial charge in [0.25, 0.3) is 0 Å². The number of nitrogens with one attached hydrogen (secondary N) is 1. The average Bonchev–Trinajstić information content (AvgIpc) is 2.73. The summed E-state index contributed by atoms with van der Waals surface area (Å²) in [6.07, 6.45) is 1.20. The van der Waals surface area contributed by atoms with Crippen molar-refractivity contribution in [2.45, 2.75) is 31.1 Å². The van der Waals surface area contributed by atoms with Crippen molar-refractivity contribution in [1.82, 2.24) is 5.32 Å². The van der Waals surface area contributed by atoms with Gasteiger partial charge in [-0.2, -0.15) is 0 Å². The Bertz CT molecular complexity index is 993. The summed E-state index contributed by atoms with van der Waals surface area (Å²) >= 11 is 0. The molecule has 4 rings (SSSR count). The highest BCUT2D eigenvalue weighted by molar-refractivity contribution is 6.02. The second kappa shape index (κ2) is 7.62. The standard InChI is InChI=1S/C23H23NO5/c1-28-16-6-3-13(4-7-16)15-9-18-23(20(26)10-15)17(12-22(27)24-18)14-5-8-19(25)21(11-14)29-2/h3-8,11,15,17,25H,9-10,12H2,1-2H3,(H,24,27). The van der Waals surface area contributed by atoms with Gasteiger partial charge in [-0.15, -0.1) is 0 Å². The molecule has 0 spiro atoms. The fourth-order valence-electron chi connectivity index (χ4n) is 4.27. The summed E-state index contributed by atoms with van der Waals surface area (Å²) in [5, 5.41) is 12.8. The summed E-state index contributed by atoms with van der Waals surface area (Å²) in [6, 6.07) is 12.7. The Labute approximate surface area is 169 Å². The number of phenolic OH excluding ortho intramolecular Hbond substituents is 1. The zero-order valence-electron chi connectivity index (χ0n) is 16.4. The minimum Gasteiger partial charge on any atom is -0.504 e. The number of carbonyl (C=O) groups is 2. The van der Waals surface area contributed by atoms with Crippen LogP contribution in [0.1, 0.15) is 42.2 Å². The number of phenols is 1. The van der Waals surface area contributed by atoms with Gasteiger partial charge in [0.05, 0.1) is 14.2 Å². The number of amides is 1. The van der Waals surface area contributed by atoms with Crippen LogP contribution in [-0.2, 0) is 9.59 Å². The lowest BCUT2D eigenvalue weighted by atomic mass is 9.73. The maximum Gasteiger partial charge on any atom is 0.225 e. The number of ether oxygens (including phenoxy) is 2. The molecule has 2 aromatic rings. The SMILES string of the molecule is COc1ccc(C2CC(=O)C3=C(C2)NC(=O)CC3c2ccc(O)c(OC)c2)cc1. The molecule has 2 unspecified atom stereocenters. The van der Waals surface area contributed by atoms with E-state index < -0.39 is 0 Å². The molecule has 29 heavy (non-hydrogen) atoms. The first-order valence-corrected chi connectivity index (χ1v) is 9.57. The maximum atomic E-state index is 13.1. The monoisotopic (exact) mass is 393 g/mol. The number of ketones is 1. The molecule has 0 aromatic heterocycles. The van der Waals surface area contributed by atoms with Gasteiger partial charge in [0, 0.05) is 30.0 Å². The molecule has 2 N–H and O–H groups in total. The van der Waals surface area contributed by atoms with Gasteiger partial charge in [0.1, 0.15) is 5.75 Å². The van der Waals surface area contributed by atoms with Crippen molar-refractivity contribution >= 4 is 11.7 Å². The lowest BCUT2D eigenvalue weighted by Gasteiger charge is -2.34. The minimum atomic E-state index is -0.336. The van der Waals surface area contributed by atoms with Gasteiger partial charge in [-0.25, -0.2) is 0 Å². The molecule has 2 atom stereocenters. The Kier molecular flexibility index (Phi) is 5.01. The number of benzene rings is 2. The molecule has 1 aliphatic carbocycles. The van der Waals surface area contributed by atoms with Crippen LogP contribution in [0.4, 0.5) is 0 Å². The lowest BCUT2D eigenvalue weighted by molar-refractivity contribution is -0.122. The van der Waals surface area contributed by atoms with Crippen LogP contribution in [0.15, 0.2) is 53.7 Å². The molecule has 0 fully saturated rings. The highest BCUT2D eigenvalue weighted by atomic mass is 16.5. The molecule has 1 aliphatic heterocycles. The van der Waals surface area contributed by atoms with E-state index in [9.17, 15) is 14.7 Å². The minimum absolute atomic E-state index is 0.0144. The molecular formula is C23H23NO5. The number of carbonyl (C=O) groups excluding carboxylic acids is 2. The Morgan fingerprint density at radius 2 is 1.66 bits per heavy atom. The third-order valence-electron chi connectivity index (χ3n) is 5.73. The molecule has 0 saturated carbocycles. The van der Waals surface area contributed by atoms with Crippen molar-refractivity contribution in [2.75, 3.05) is 14.2 Å². The second-order valence-electron chi connectivity index (χ2n) is 7.43. The summed E-state index contributed by atoms with van der Waals surface area (Å²) in [4.78, 5) is 25.5. The number of allylic oxidation sites excluding steroid dienone is 2. The van der Waals surface area contributed by atoms with E-state index in [4.69, 9.17) is 9.47 Å². The van der Waals surface area contributed by atoms with Crippen molar-refractivity contribution in [3.8, 4) is 17.2 Å². The fourth-order valence-corrected chi connectivity index (χ4v) is 4.27. The van der Waals surface area contributed by atoms with Gasteiger partial charge < -0.3 is 19.9 Å². The first-order valence-electron chi connectivity index (χ1n) is 9.57. The van der Waals surface area contributed by atoms with E-state index in [1.807, 2.05) is 24.3 Å². The predicted molar refractivity (Wildman–Crippen MR) is 107 cm³/mol. The van der Waals surface area contributed by atoms with Crippen molar-refractivity contribution < 1.29 is 24.2 Å². The topological polar surface area (TPSA) is 84.9 Å². The third kappa shape index (κ3) is 3.58. The van der Waals surface area contributed by atoms with Gasteiger partial charge in [0.15, 0.2) is 17.3 Å². The number of hydrogen-bond donors (Lipinski definition) is 2. The van der Waals surface area contributed by atoms with Crippen LogP contribution < -0.4 is 14.8 Å². The third-order valence-corrected chi connectivity index (χ3v) is 5.73. The molecule has 1 amide bonds. The highest BCUT2D eigenvalue weighted by Crippen LogP contribution is 2.44. The van der Waals surface area contributed by atoms with Crippen molar-refractivity contribution in [3.63, 3.8) is 0 Å². The molecular weight excluding hydrogens is 370 g/mol. The lowest BCUT2D eigenvalue weighted by Crippen LogP contribution is -2.38. The molecule has 6 nitrogen and oxygen atoms in total. The van der Waals surface area contributed by atoms with E-state index in [1.165, 1.54) is 13.2 Å². The van der Waals surface area contributed by atoms with Gasteiger partial charge in [-0.3, -0.25) is 9.59 Å². The van der Waals surface area contributed by atoms with Crippen molar-refractivity contribution in [1.29, 1.82) is 0 Å². The Hall–Kier alpha value is -3.28. The van der Waals surface area contributed by atoms with Crippen LogP contribution in [0, 0.1) is 0 Å². The zero-order chi connectivity index (χ0) is 20.5. The van der Waals surface area contributed by atoms with Gasteiger partial charge in [0.2, 0.25) is 5.91 Å². The van der Waals surface area contributed by atoms with Crippen LogP contribution in [-0.4, -0.2) is 31.0 Å². The van der Waals surface area contributed by atoms with Crippen LogP contribution in [0.5, 0.6) is 17.2 Å². The van der Waals surface area contributed by atoms with E-state index in [1.54, 1.807) is 19.2 Å². The molecule has 0 bridgehead atoms. The van der Waals surface area contributed by atoms with Gasteiger partial charge in [-0.05, 0) is 47.7 Å². The predicted octanol–water partition coefficient (Wildman–Crippen LogP) is 3.41. The molecule has 2 aromatic carbocycles. The van der Waals surface area contributed by atoms with Crippen LogP contribution in [0.25, 0.3) is 0 Å². The summed E-state index contributed by atoms with van der Waals surface area (Å²) in [6.45, 7) is 0. The Balaban J connectivity index is 1.69. The molecule has 1 heterocycles. The largest absolute Gasteiger partial charge is 0.504 e. The summed E-state index contributed by atoms with van der Waals surface area (Å²) in [7, 11) is 3.09. The number of Topliss-reactive ketones (excluding diaryl/α,β-unsaturated/α-hetero) is 1.